The summed E-state index contributed by atoms with van der Waals surface area (Å²) in [6.07, 6.45) is 4.38. The van der Waals surface area contributed by atoms with Crippen molar-refractivity contribution in [2.45, 2.75) is 44.0 Å². The number of aromatic nitrogens is 3. The summed E-state index contributed by atoms with van der Waals surface area (Å²) >= 11 is 0. The molecule has 3 aliphatic rings. The quantitative estimate of drug-likeness (QED) is 0.564. The van der Waals surface area contributed by atoms with E-state index in [-0.39, 0.29) is 23.5 Å². The topological polar surface area (TPSA) is 102 Å². The van der Waals surface area contributed by atoms with Gasteiger partial charge >= 0.3 is 0 Å². The number of ether oxygens (including phenoxy) is 2. The van der Waals surface area contributed by atoms with Crippen LogP contribution in [0.3, 0.4) is 0 Å². The number of piperidine rings is 1. The molecular formula is C25H28FN5O4. The smallest absolute Gasteiger partial charge is 0.251 e. The van der Waals surface area contributed by atoms with Crippen LogP contribution in [-0.4, -0.2) is 69.5 Å². The standard InChI is InChI=1S/C25H28FN5O4/c26-18-11-29-20-3-4-24(33)31-16(1-2-17(18)25(20)31)13-30-6-5-19(21(32)14-30)28-10-15-9-22-23(12-27-15)35-8-7-34-22/h3-4,9,11-12,16,19,21,28,32H,1-2,5-8,10,13-14H2/t16-,19-,21+/m0/s1. The summed E-state index contributed by atoms with van der Waals surface area (Å²) in [7, 11) is 0. The molecule has 3 aromatic heterocycles. The van der Waals surface area contributed by atoms with Gasteiger partial charge in [-0.15, -0.1) is 0 Å². The highest BCUT2D eigenvalue weighted by Gasteiger charge is 2.31. The molecule has 0 bridgehead atoms. The molecule has 35 heavy (non-hydrogen) atoms. The number of fused-ring (bicyclic) bond motifs is 1. The Kier molecular flexibility index (Phi) is 5.87. The number of nitrogens with zero attached hydrogens (tertiary/aromatic N) is 4. The Balaban J connectivity index is 1.10. The van der Waals surface area contributed by atoms with Crippen molar-refractivity contribution < 1.29 is 19.0 Å². The van der Waals surface area contributed by atoms with Crippen molar-refractivity contribution in [3.63, 3.8) is 0 Å². The second-order valence-corrected chi connectivity index (χ2v) is 9.47. The molecule has 0 saturated carbocycles. The van der Waals surface area contributed by atoms with Crippen LogP contribution in [0, 0.1) is 5.82 Å². The van der Waals surface area contributed by atoms with Gasteiger partial charge in [-0.1, -0.05) is 0 Å². The van der Waals surface area contributed by atoms with E-state index < -0.39 is 6.10 Å². The molecule has 2 N–H and O–H groups in total. The molecule has 0 amide bonds. The number of aliphatic hydroxyl groups is 1. The van der Waals surface area contributed by atoms with Gasteiger partial charge in [0.15, 0.2) is 11.5 Å². The first-order valence-corrected chi connectivity index (χ1v) is 12.1. The second kappa shape index (κ2) is 9.18. The van der Waals surface area contributed by atoms with Gasteiger partial charge in [0.2, 0.25) is 0 Å². The van der Waals surface area contributed by atoms with E-state index >= 15 is 0 Å². The molecule has 6 heterocycles. The summed E-state index contributed by atoms with van der Waals surface area (Å²) in [5, 5.41) is 14.3. The highest BCUT2D eigenvalue weighted by molar-refractivity contribution is 5.79. The maximum Gasteiger partial charge on any atom is 0.251 e. The van der Waals surface area contributed by atoms with Gasteiger partial charge < -0.3 is 24.5 Å². The molecule has 1 saturated heterocycles. The summed E-state index contributed by atoms with van der Waals surface area (Å²) in [5.41, 5.74) is 2.51. The first kappa shape index (κ1) is 22.4. The summed E-state index contributed by atoms with van der Waals surface area (Å²) in [4.78, 5) is 23.5. The van der Waals surface area contributed by atoms with E-state index in [9.17, 15) is 14.3 Å². The van der Waals surface area contributed by atoms with Crippen LogP contribution in [0.15, 0.2) is 35.4 Å². The molecule has 3 aliphatic heterocycles. The van der Waals surface area contributed by atoms with Crippen LogP contribution in [0.2, 0.25) is 0 Å². The summed E-state index contributed by atoms with van der Waals surface area (Å²) in [5.74, 6) is 1.00. The number of hydrogen-bond acceptors (Lipinski definition) is 8. The average Bonchev–Trinajstić information content (AvgIpc) is 2.87. The molecule has 3 aromatic rings. The van der Waals surface area contributed by atoms with Gasteiger partial charge in [-0.2, -0.15) is 0 Å². The number of likely N-dealkylation sites (tertiary alicyclic amines) is 1. The highest BCUT2D eigenvalue weighted by Crippen LogP contribution is 2.31. The third-order valence-electron chi connectivity index (χ3n) is 7.26. The van der Waals surface area contributed by atoms with Gasteiger partial charge in [0.1, 0.15) is 19.0 Å². The lowest BCUT2D eigenvalue weighted by Gasteiger charge is -2.39. The van der Waals surface area contributed by atoms with Crippen molar-refractivity contribution >= 4 is 11.0 Å². The van der Waals surface area contributed by atoms with Gasteiger partial charge in [-0.25, -0.2) is 4.39 Å². The first-order valence-electron chi connectivity index (χ1n) is 12.1. The molecule has 3 atom stereocenters. The molecule has 1 fully saturated rings. The molecule has 0 aromatic carbocycles. The monoisotopic (exact) mass is 481 g/mol. The molecule has 9 nitrogen and oxygen atoms in total. The van der Waals surface area contributed by atoms with Crippen molar-refractivity contribution in [3.8, 4) is 11.5 Å². The van der Waals surface area contributed by atoms with Crippen LogP contribution in [0.25, 0.3) is 11.0 Å². The van der Waals surface area contributed by atoms with Gasteiger partial charge in [0.05, 0.1) is 41.3 Å². The minimum Gasteiger partial charge on any atom is -0.486 e. The van der Waals surface area contributed by atoms with E-state index in [1.807, 2.05) is 6.07 Å². The van der Waals surface area contributed by atoms with Crippen molar-refractivity contribution in [2.24, 2.45) is 0 Å². The van der Waals surface area contributed by atoms with Crippen molar-refractivity contribution in [3.05, 3.63) is 58.0 Å². The Morgan fingerprint density at radius 2 is 2.00 bits per heavy atom. The molecular weight excluding hydrogens is 453 g/mol. The molecule has 0 spiro atoms. The van der Waals surface area contributed by atoms with Crippen LogP contribution in [-0.2, 0) is 13.0 Å². The predicted molar refractivity (Wildman–Crippen MR) is 126 cm³/mol. The Morgan fingerprint density at radius 3 is 2.86 bits per heavy atom. The van der Waals surface area contributed by atoms with Gasteiger partial charge in [0, 0.05) is 43.4 Å². The third-order valence-corrected chi connectivity index (χ3v) is 7.26. The number of aliphatic hydroxyl groups excluding tert-OH is 1. The van der Waals surface area contributed by atoms with Crippen molar-refractivity contribution in [1.82, 2.24) is 24.8 Å². The molecule has 10 heteroatoms. The van der Waals surface area contributed by atoms with Crippen LogP contribution in [0.4, 0.5) is 4.39 Å². The Bertz CT molecular complexity index is 1310. The minimum absolute atomic E-state index is 0.0576. The fourth-order valence-corrected chi connectivity index (χ4v) is 5.50. The number of rotatable bonds is 5. The van der Waals surface area contributed by atoms with Crippen LogP contribution >= 0.6 is 0 Å². The fraction of sp³-hybridized carbons (Fsp3) is 0.480. The molecule has 184 valence electrons. The van der Waals surface area contributed by atoms with Crippen LogP contribution < -0.4 is 20.3 Å². The Morgan fingerprint density at radius 1 is 1.14 bits per heavy atom. The lowest BCUT2D eigenvalue weighted by Crippen LogP contribution is -2.53. The minimum atomic E-state index is -0.552. The molecule has 6 rings (SSSR count). The Hall–Kier alpha value is -3.08. The van der Waals surface area contributed by atoms with Crippen molar-refractivity contribution in [2.75, 3.05) is 32.8 Å². The lowest BCUT2D eigenvalue weighted by atomic mass is 9.96. The SMILES string of the molecule is O=c1ccc2ncc(F)c3c2n1[C@H](CN1CC[C@H](NCc2cc4c(cn2)OCCO4)[C@H](O)C1)CC3. The zero-order valence-electron chi connectivity index (χ0n) is 19.3. The van der Waals surface area contributed by atoms with E-state index in [0.29, 0.717) is 73.8 Å². The molecule has 0 aliphatic carbocycles. The van der Waals surface area contributed by atoms with E-state index in [0.717, 1.165) is 18.7 Å². The number of halogens is 1. The predicted octanol–water partition coefficient (Wildman–Crippen LogP) is 1.41. The Labute approximate surface area is 201 Å². The van der Waals surface area contributed by atoms with Crippen LogP contribution in [0.1, 0.15) is 30.1 Å². The summed E-state index contributed by atoms with van der Waals surface area (Å²) < 4.78 is 27.2. The van der Waals surface area contributed by atoms with Crippen molar-refractivity contribution in [1.29, 1.82) is 0 Å². The van der Waals surface area contributed by atoms with E-state index in [1.54, 1.807) is 16.8 Å². The normalized spacial score (nSPS) is 24.0. The maximum absolute atomic E-state index is 14.4. The van der Waals surface area contributed by atoms with E-state index in [4.69, 9.17) is 9.47 Å². The largest absolute Gasteiger partial charge is 0.486 e. The first-order chi connectivity index (χ1) is 17.1. The van der Waals surface area contributed by atoms with E-state index in [1.165, 1.54) is 12.3 Å². The lowest BCUT2D eigenvalue weighted by molar-refractivity contribution is 0.0331. The molecule has 0 unspecified atom stereocenters. The maximum atomic E-state index is 14.4. The number of nitrogens with one attached hydrogen (secondary N) is 1. The number of aryl methyl sites for hydroxylation is 1. The van der Waals surface area contributed by atoms with Gasteiger partial charge in [-0.3, -0.25) is 19.7 Å². The van der Waals surface area contributed by atoms with E-state index in [2.05, 4.69) is 20.2 Å². The second-order valence-electron chi connectivity index (χ2n) is 9.47. The fourth-order valence-electron chi connectivity index (χ4n) is 5.50. The zero-order valence-corrected chi connectivity index (χ0v) is 19.3. The van der Waals surface area contributed by atoms with Gasteiger partial charge in [-0.05, 0) is 31.9 Å². The average molecular weight is 482 g/mol. The summed E-state index contributed by atoms with van der Waals surface area (Å²) in [6.45, 7) is 3.50. The zero-order chi connectivity index (χ0) is 23.9. The number of pyridine rings is 3. The third kappa shape index (κ3) is 4.26. The highest BCUT2D eigenvalue weighted by atomic mass is 19.1. The number of hydrogen-bond donors (Lipinski definition) is 2. The summed E-state index contributed by atoms with van der Waals surface area (Å²) in [6, 6.07) is 4.90. The molecule has 0 radical (unpaired) electrons. The van der Waals surface area contributed by atoms with Crippen LogP contribution in [0.5, 0.6) is 11.5 Å². The number of β-amino-alcohol motifs (C(OH)–C–C–N with tert-alkyl or cyclic N) is 1. The van der Waals surface area contributed by atoms with Gasteiger partial charge in [0.25, 0.3) is 5.56 Å².